The van der Waals surface area contributed by atoms with Gasteiger partial charge in [-0.25, -0.2) is 4.98 Å². The number of hydrogen-bond donors (Lipinski definition) is 1. The number of imidazole rings is 1. The molecule has 0 radical (unpaired) electrons. The summed E-state index contributed by atoms with van der Waals surface area (Å²) in [6.07, 6.45) is 4.66. The van der Waals surface area contributed by atoms with Gasteiger partial charge in [-0.1, -0.05) is 15.9 Å². The maximum Gasteiger partial charge on any atom is 0.207 e. The van der Waals surface area contributed by atoms with Gasteiger partial charge in [-0.15, -0.1) is 0 Å². The second-order valence-electron chi connectivity index (χ2n) is 4.59. The molecule has 3 rings (SSSR count). The van der Waals surface area contributed by atoms with Crippen molar-refractivity contribution >= 4 is 50.2 Å². The van der Waals surface area contributed by atoms with Crippen LogP contribution < -0.4 is 5.32 Å². The minimum atomic E-state index is 0.638. The summed E-state index contributed by atoms with van der Waals surface area (Å²) in [6.45, 7) is 2.04. The molecule has 0 spiro atoms. The number of halogens is 2. The predicted molar refractivity (Wildman–Crippen MR) is 85.4 cm³/mol. The smallest absolute Gasteiger partial charge is 0.207 e. The molecule has 5 heteroatoms. The SMILES string of the molecule is Cc1cn(C2CC2)c(Nc2cc(Br)ccc2I)n1. The Balaban J connectivity index is 1.94. The molecule has 1 aliphatic rings. The van der Waals surface area contributed by atoms with E-state index in [1.807, 2.05) is 13.0 Å². The first-order valence-electron chi connectivity index (χ1n) is 5.91. The number of benzene rings is 1. The van der Waals surface area contributed by atoms with Gasteiger partial charge in [0.05, 0.1) is 11.4 Å². The van der Waals surface area contributed by atoms with Crippen LogP contribution in [0.15, 0.2) is 28.9 Å². The molecule has 1 aromatic carbocycles. The number of anilines is 2. The van der Waals surface area contributed by atoms with Crippen LogP contribution in [0, 0.1) is 10.5 Å². The third-order valence-corrected chi connectivity index (χ3v) is 4.40. The molecule has 1 heterocycles. The normalized spacial score (nSPS) is 14.8. The second kappa shape index (κ2) is 4.85. The van der Waals surface area contributed by atoms with Crippen LogP contribution in [0.2, 0.25) is 0 Å². The number of rotatable bonds is 3. The lowest BCUT2D eigenvalue weighted by Crippen LogP contribution is -2.02. The molecular weight excluding hydrogens is 405 g/mol. The molecule has 1 saturated carbocycles. The van der Waals surface area contributed by atoms with E-state index in [0.29, 0.717) is 6.04 Å². The third-order valence-electron chi connectivity index (χ3n) is 2.97. The molecule has 3 nitrogen and oxygen atoms in total. The van der Waals surface area contributed by atoms with Gasteiger partial charge in [0.25, 0.3) is 0 Å². The molecule has 1 aliphatic carbocycles. The quantitative estimate of drug-likeness (QED) is 0.737. The van der Waals surface area contributed by atoms with Crippen molar-refractivity contribution in [1.82, 2.24) is 9.55 Å². The highest BCUT2D eigenvalue weighted by Gasteiger charge is 2.26. The van der Waals surface area contributed by atoms with Crippen molar-refractivity contribution in [2.24, 2.45) is 0 Å². The fourth-order valence-electron chi connectivity index (χ4n) is 1.95. The fourth-order valence-corrected chi connectivity index (χ4v) is 2.78. The van der Waals surface area contributed by atoms with E-state index < -0.39 is 0 Å². The van der Waals surface area contributed by atoms with Crippen LogP contribution in [0.1, 0.15) is 24.6 Å². The largest absolute Gasteiger partial charge is 0.325 e. The van der Waals surface area contributed by atoms with Crippen LogP contribution in [-0.2, 0) is 0 Å². The topological polar surface area (TPSA) is 29.9 Å². The van der Waals surface area contributed by atoms with Gasteiger partial charge in [-0.05, 0) is 60.6 Å². The van der Waals surface area contributed by atoms with Crippen molar-refractivity contribution in [1.29, 1.82) is 0 Å². The highest BCUT2D eigenvalue weighted by Crippen LogP contribution is 2.38. The summed E-state index contributed by atoms with van der Waals surface area (Å²) < 4.78 is 4.53. The highest BCUT2D eigenvalue weighted by atomic mass is 127. The lowest BCUT2D eigenvalue weighted by atomic mass is 10.3. The Hall–Kier alpha value is -0.560. The molecule has 0 aliphatic heterocycles. The van der Waals surface area contributed by atoms with E-state index in [9.17, 15) is 0 Å². The van der Waals surface area contributed by atoms with Crippen molar-refractivity contribution in [3.05, 3.63) is 38.1 Å². The Kier molecular flexibility index (Phi) is 3.36. The van der Waals surface area contributed by atoms with E-state index >= 15 is 0 Å². The van der Waals surface area contributed by atoms with Gasteiger partial charge < -0.3 is 9.88 Å². The maximum absolute atomic E-state index is 4.57. The summed E-state index contributed by atoms with van der Waals surface area (Å²) >= 11 is 5.84. The van der Waals surface area contributed by atoms with Gasteiger partial charge in [0.15, 0.2) is 0 Å². The predicted octanol–water partition coefficient (Wildman–Crippen LogP) is 4.64. The Morgan fingerprint density at radius 1 is 1.44 bits per heavy atom. The van der Waals surface area contributed by atoms with E-state index in [1.165, 1.54) is 16.4 Å². The zero-order chi connectivity index (χ0) is 12.7. The molecule has 94 valence electrons. The molecule has 0 bridgehead atoms. The Bertz CT molecular complexity index is 590. The highest BCUT2D eigenvalue weighted by molar-refractivity contribution is 14.1. The maximum atomic E-state index is 4.57. The molecule has 2 aromatic rings. The van der Waals surface area contributed by atoms with Gasteiger partial charge in [-0.3, -0.25) is 0 Å². The first-order valence-corrected chi connectivity index (χ1v) is 7.78. The van der Waals surface area contributed by atoms with Gasteiger partial charge in [0.2, 0.25) is 5.95 Å². The lowest BCUT2D eigenvalue weighted by Gasteiger charge is -2.10. The van der Waals surface area contributed by atoms with E-state index in [-0.39, 0.29) is 0 Å². The molecule has 1 fully saturated rings. The fraction of sp³-hybridized carbons (Fsp3) is 0.308. The van der Waals surface area contributed by atoms with Crippen molar-refractivity contribution in [2.75, 3.05) is 5.32 Å². The first-order chi connectivity index (χ1) is 8.63. The van der Waals surface area contributed by atoms with Crippen LogP contribution in [0.4, 0.5) is 11.6 Å². The van der Waals surface area contributed by atoms with E-state index in [1.54, 1.807) is 0 Å². The molecule has 1 aromatic heterocycles. The number of aromatic nitrogens is 2. The summed E-state index contributed by atoms with van der Waals surface area (Å²) in [7, 11) is 0. The summed E-state index contributed by atoms with van der Waals surface area (Å²) in [5.74, 6) is 0.950. The average molecular weight is 418 g/mol. The van der Waals surface area contributed by atoms with Gasteiger partial charge in [0, 0.05) is 20.3 Å². The van der Waals surface area contributed by atoms with Gasteiger partial charge in [-0.2, -0.15) is 0 Å². The number of hydrogen-bond acceptors (Lipinski definition) is 2. The van der Waals surface area contributed by atoms with Crippen LogP contribution in [0.5, 0.6) is 0 Å². The number of aryl methyl sites for hydroxylation is 1. The Morgan fingerprint density at radius 2 is 2.22 bits per heavy atom. The average Bonchev–Trinajstić information content (AvgIpc) is 3.09. The van der Waals surface area contributed by atoms with Crippen molar-refractivity contribution in [2.45, 2.75) is 25.8 Å². The molecule has 0 unspecified atom stereocenters. The van der Waals surface area contributed by atoms with E-state index in [4.69, 9.17) is 0 Å². The summed E-state index contributed by atoms with van der Waals surface area (Å²) in [5, 5.41) is 3.44. The lowest BCUT2D eigenvalue weighted by molar-refractivity contribution is 0.750. The standard InChI is InChI=1S/C13H13BrIN3/c1-8-7-18(10-3-4-10)13(16-8)17-12-6-9(14)2-5-11(12)15/h2,5-7,10H,3-4H2,1H3,(H,16,17). The number of nitrogens with zero attached hydrogens (tertiary/aromatic N) is 2. The molecule has 0 amide bonds. The van der Waals surface area contributed by atoms with Crippen LogP contribution in [0.25, 0.3) is 0 Å². The molecule has 0 saturated heterocycles. The van der Waals surface area contributed by atoms with Crippen molar-refractivity contribution in [3.63, 3.8) is 0 Å². The molecule has 1 N–H and O–H groups in total. The van der Waals surface area contributed by atoms with Crippen molar-refractivity contribution in [3.8, 4) is 0 Å². The van der Waals surface area contributed by atoms with Crippen LogP contribution in [0.3, 0.4) is 0 Å². The summed E-state index contributed by atoms with van der Waals surface area (Å²) in [6, 6.07) is 6.86. The monoisotopic (exact) mass is 417 g/mol. The Labute approximate surface area is 128 Å². The second-order valence-corrected chi connectivity index (χ2v) is 6.67. The van der Waals surface area contributed by atoms with Gasteiger partial charge in [0.1, 0.15) is 0 Å². The molecular formula is C13H13BrIN3. The minimum absolute atomic E-state index is 0.638. The summed E-state index contributed by atoms with van der Waals surface area (Å²) in [4.78, 5) is 4.57. The zero-order valence-electron chi connectivity index (χ0n) is 9.95. The van der Waals surface area contributed by atoms with Crippen LogP contribution in [-0.4, -0.2) is 9.55 Å². The van der Waals surface area contributed by atoms with E-state index in [2.05, 4.69) is 71.7 Å². The minimum Gasteiger partial charge on any atom is -0.325 e. The molecule has 18 heavy (non-hydrogen) atoms. The zero-order valence-corrected chi connectivity index (χ0v) is 13.7. The summed E-state index contributed by atoms with van der Waals surface area (Å²) in [5.41, 5.74) is 2.16. The van der Waals surface area contributed by atoms with E-state index in [0.717, 1.165) is 21.8 Å². The number of nitrogens with one attached hydrogen (secondary N) is 1. The first kappa shape index (κ1) is 12.5. The van der Waals surface area contributed by atoms with Crippen molar-refractivity contribution < 1.29 is 0 Å². The van der Waals surface area contributed by atoms with Gasteiger partial charge >= 0.3 is 0 Å². The third kappa shape index (κ3) is 2.56. The Morgan fingerprint density at radius 3 is 2.94 bits per heavy atom. The van der Waals surface area contributed by atoms with Crippen LogP contribution >= 0.6 is 38.5 Å². The molecule has 0 atom stereocenters.